The lowest BCUT2D eigenvalue weighted by atomic mass is 10.1. The van der Waals surface area contributed by atoms with Gasteiger partial charge in [0.05, 0.1) is 19.3 Å². The molecule has 0 bridgehead atoms. The molecule has 0 aliphatic rings. The molecule has 0 atom stereocenters. The van der Waals surface area contributed by atoms with Crippen LogP contribution in [0.5, 0.6) is 5.75 Å². The molecular weight excluding hydrogens is 260 g/mol. The van der Waals surface area contributed by atoms with E-state index in [2.05, 4.69) is 4.74 Å². The lowest BCUT2D eigenvalue weighted by molar-refractivity contribution is -0.149. The van der Waals surface area contributed by atoms with Crippen LogP contribution in [0.15, 0.2) is 24.3 Å². The van der Waals surface area contributed by atoms with Gasteiger partial charge in [0.1, 0.15) is 11.5 Å². The number of aliphatic hydroxyl groups is 1. The molecule has 0 saturated heterocycles. The van der Waals surface area contributed by atoms with Gasteiger partial charge in [0.2, 0.25) is 0 Å². The van der Waals surface area contributed by atoms with E-state index in [1.165, 1.54) is 0 Å². The van der Waals surface area contributed by atoms with Crippen molar-refractivity contribution in [1.82, 2.24) is 0 Å². The van der Waals surface area contributed by atoms with Gasteiger partial charge >= 0.3 is 5.97 Å². The maximum absolute atomic E-state index is 11.4. The van der Waals surface area contributed by atoms with Gasteiger partial charge in [-0.25, -0.2) is 4.79 Å². The van der Waals surface area contributed by atoms with Crippen molar-refractivity contribution in [1.29, 1.82) is 0 Å². The number of carbonyl (C=O) groups is 2. The van der Waals surface area contributed by atoms with Crippen molar-refractivity contribution in [2.45, 2.75) is 20.3 Å². The Morgan fingerprint density at radius 1 is 1.35 bits per heavy atom. The minimum absolute atomic E-state index is 0.324. The molecule has 20 heavy (non-hydrogen) atoms. The van der Waals surface area contributed by atoms with E-state index >= 15 is 0 Å². The molecule has 0 amide bonds. The summed E-state index contributed by atoms with van der Waals surface area (Å²) in [6, 6.07) is 5.23. The molecule has 1 rings (SSSR count). The Labute approximate surface area is 117 Å². The number of rotatable bonds is 6. The maximum atomic E-state index is 11.4. The smallest absolute Gasteiger partial charge is 0.378 e. The molecule has 0 aliphatic carbocycles. The van der Waals surface area contributed by atoms with Gasteiger partial charge in [-0.15, -0.1) is 0 Å². The molecule has 0 radical (unpaired) electrons. The van der Waals surface area contributed by atoms with E-state index < -0.39 is 11.8 Å². The number of aryl methyl sites for hydroxylation is 1. The van der Waals surface area contributed by atoms with Crippen LogP contribution in [0.3, 0.4) is 0 Å². The van der Waals surface area contributed by atoms with E-state index in [0.717, 1.165) is 25.2 Å². The lowest BCUT2D eigenvalue weighted by Gasteiger charge is -2.11. The Balaban J connectivity index is 3.09. The largest absolute Gasteiger partial charge is 0.507 e. The molecule has 1 aromatic carbocycles. The minimum atomic E-state index is -1.03. The third-order valence-corrected chi connectivity index (χ3v) is 2.53. The molecule has 0 unspecified atom stereocenters. The van der Waals surface area contributed by atoms with Crippen LogP contribution in [0.25, 0.3) is 5.76 Å². The second kappa shape index (κ2) is 7.33. The first kappa shape index (κ1) is 15.8. The van der Waals surface area contributed by atoms with Gasteiger partial charge in [0, 0.05) is 6.08 Å². The van der Waals surface area contributed by atoms with Crippen molar-refractivity contribution >= 4 is 17.5 Å². The molecule has 0 saturated carbocycles. The summed E-state index contributed by atoms with van der Waals surface area (Å²) < 4.78 is 9.79. The van der Waals surface area contributed by atoms with Gasteiger partial charge < -0.3 is 14.6 Å². The summed E-state index contributed by atoms with van der Waals surface area (Å²) in [5.74, 6) is -1.81. The van der Waals surface area contributed by atoms with E-state index in [4.69, 9.17) is 4.74 Å². The normalized spacial score (nSPS) is 11.1. The fourth-order valence-corrected chi connectivity index (χ4v) is 1.54. The summed E-state index contributed by atoms with van der Waals surface area (Å²) in [7, 11) is 1.10. The van der Waals surface area contributed by atoms with E-state index in [-0.39, 0.29) is 5.76 Å². The van der Waals surface area contributed by atoms with Crippen molar-refractivity contribution in [3.63, 3.8) is 0 Å². The molecule has 5 nitrogen and oxygen atoms in total. The number of ether oxygens (including phenoxy) is 2. The van der Waals surface area contributed by atoms with Crippen LogP contribution in [0.2, 0.25) is 0 Å². The zero-order valence-corrected chi connectivity index (χ0v) is 11.8. The standard InChI is InChI=1S/C15H18O5/c1-4-7-20-14-6-5-10(2)8-11(14)12(16)9-13(17)15(18)19-3/h5-6,8-9,16H,4,7H2,1-3H3/b12-9-. The van der Waals surface area contributed by atoms with Crippen LogP contribution in [0, 0.1) is 6.92 Å². The number of hydrogen-bond donors (Lipinski definition) is 1. The zero-order valence-electron chi connectivity index (χ0n) is 11.8. The molecule has 5 heteroatoms. The monoisotopic (exact) mass is 278 g/mol. The summed E-state index contributed by atoms with van der Waals surface area (Å²) in [6.07, 6.45) is 1.65. The molecule has 108 valence electrons. The molecular formula is C15H18O5. The van der Waals surface area contributed by atoms with Gasteiger partial charge in [-0.1, -0.05) is 18.6 Å². The number of benzene rings is 1. The average Bonchev–Trinajstić information content (AvgIpc) is 2.44. The number of esters is 1. The second-order valence-electron chi connectivity index (χ2n) is 4.23. The van der Waals surface area contributed by atoms with Crippen molar-refractivity contribution in [2.75, 3.05) is 13.7 Å². The highest BCUT2D eigenvalue weighted by Gasteiger charge is 2.15. The molecule has 1 N–H and O–H groups in total. The van der Waals surface area contributed by atoms with Crippen LogP contribution < -0.4 is 4.74 Å². The third-order valence-electron chi connectivity index (χ3n) is 2.53. The maximum Gasteiger partial charge on any atom is 0.378 e. The quantitative estimate of drug-likeness (QED) is 0.374. The average molecular weight is 278 g/mol. The van der Waals surface area contributed by atoms with Gasteiger partial charge in [-0.2, -0.15) is 0 Å². The predicted molar refractivity (Wildman–Crippen MR) is 74.6 cm³/mol. The van der Waals surface area contributed by atoms with Crippen molar-refractivity contribution < 1.29 is 24.2 Å². The van der Waals surface area contributed by atoms with Gasteiger partial charge in [-0.05, 0) is 25.5 Å². The number of ketones is 1. The van der Waals surface area contributed by atoms with Gasteiger partial charge in [0.15, 0.2) is 0 Å². The molecule has 0 fully saturated rings. The molecule has 0 aliphatic heterocycles. The van der Waals surface area contributed by atoms with Crippen molar-refractivity contribution in [3.05, 3.63) is 35.4 Å². The van der Waals surface area contributed by atoms with E-state index in [0.29, 0.717) is 17.9 Å². The Hall–Kier alpha value is -2.30. The molecule has 0 spiro atoms. The highest BCUT2D eigenvalue weighted by Crippen LogP contribution is 2.26. The Kier molecular flexibility index (Phi) is 5.77. The van der Waals surface area contributed by atoms with E-state index in [1.54, 1.807) is 12.1 Å². The Bertz CT molecular complexity index is 531. The number of aliphatic hydroxyl groups excluding tert-OH is 1. The van der Waals surface area contributed by atoms with Crippen LogP contribution in [-0.4, -0.2) is 30.6 Å². The lowest BCUT2D eigenvalue weighted by Crippen LogP contribution is -2.13. The first-order valence-electron chi connectivity index (χ1n) is 6.26. The highest BCUT2D eigenvalue weighted by atomic mass is 16.5. The summed E-state index contributed by atoms with van der Waals surface area (Å²) in [6.45, 7) is 4.31. The number of methoxy groups -OCH3 is 1. The summed E-state index contributed by atoms with van der Waals surface area (Å²) >= 11 is 0. The number of carbonyl (C=O) groups excluding carboxylic acids is 2. The summed E-state index contributed by atoms with van der Waals surface area (Å²) in [5, 5.41) is 9.99. The van der Waals surface area contributed by atoms with Gasteiger partial charge in [-0.3, -0.25) is 4.79 Å². The van der Waals surface area contributed by atoms with Crippen LogP contribution in [0.1, 0.15) is 24.5 Å². The SMILES string of the molecule is CCCOc1ccc(C)cc1/C(O)=C/C(=O)C(=O)OC. The molecule has 0 heterocycles. The fourth-order valence-electron chi connectivity index (χ4n) is 1.54. The summed E-state index contributed by atoms with van der Waals surface area (Å²) in [5.41, 5.74) is 1.27. The van der Waals surface area contributed by atoms with Gasteiger partial charge in [0.25, 0.3) is 5.78 Å². The second-order valence-corrected chi connectivity index (χ2v) is 4.23. The van der Waals surface area contributed by atoms with Crippen LogP contribution in [-0.2, 0) is 14.3 Å². The van der Waals surface area contributed by atoms with Crippen LogP contribution in [0.4, 0.5) is 0 Å². The first-order valence-corrected chi connectivity index (χ1v) is 6.26. The minimum Gasteiger partial charge on any atom is -0.507 e. The Morgan fingerprint density at radius 3 is 2.65 bits per heavy atom. The Morgan fingerprint density at radius 2 is 2.05 bits per heavy atom. The van der Waals surface area contributed by atoms with E-state index in [9.17, 15) is 14.7 Å². The molecule has 1 aromatic rings. The topological polar surface area (TPSA) is 72.8 Å². The summed E-state index contributed by atoms with van der Waals surface area (Å²) in [4.78, 5) is 22.5. The third kappa shape index (κ3) is 4.12. The van der Waals surface area contributed by atoms with E-state index in [1.807, 2.05) is 19.9 Å². The predicted octanol–water partition coefficient (Wildman–Crippen LogP) is 2.42. The first-order chi connectivity index (χ1) is 9.49. The van der Waals surface area contributed by atoms with Crippen LogP contribution >= 0.6 is 0 Å². The highest BCUT2D eigenvalue weighted by molar-refractivity contribution is 6.39. The zero-order chi connectivity index (χ0) is 15.1. The van der Waals surface area contributed by atoms with Crippen molar-refractivity contribution in [2.24, 2.45) is 0 Å². The fraction of sp³-hybridized carbons (Fsp3) is 0.333. The molecule has 0 aromatic heterocycles. The number of hydrogen-bond acceptors (Lipinski definition) is 5. The van der Waals surface area contributed by atoms with Crippen molar-refractivity contribution in [3.8, 4) is 5.75 Å².